The number of likely N-dealkylation sites (N-methyl/N-ethyl adjacent to an activating group) is 1. The molecule has 0 spiro atoms. The van der Waals surface area contributed by atoms with Gasteiger partial charge < -0.3 is 9.84 Å². The van der Waals surface area contributed by atoms with E-state index >= 15 is 0 Å². The Labute approximate surface area is 123 Å². The molecule has 0 aliphatic carbocycles. The van der Waals surface area contributed by atoms with Crippen LogP contribution >= 0.6 is 0 Å². The SMILES string of the molecule is COCC(O)CN(C)Cc1cc(=O)n2cccc(C)c2n1. The minimum Gasteiger partial charge on any atom is -0.389 e. The van der Waals surface area contributed by atoms with Gasteiger partial charge in [-0.05, 0) is 25.6 Å². The Bertz CT molecular complexity index is 669. The van der Waals surface area contributed by atoms with Gasteiger partial charge in [0, 0.05) is 32.5 Å². The fraction of sp³-hybridized carbons (Fsp3) is 0.467. The van der Waals surface area contributed by atoms with Crippen LogP contribution in [0.3, 0.4) is 0 Å². The predicted octanol–water partition coefficient (Wildman–Crippen LogP) is 0.442. The van der Waals surface area contributed by atoms with E-state index in [1.54, 1.807) is 17.7 Å². The highest BCUT2D eigenvalue weighted by Gasteiger charge is 2.10. The fourth-order valence-electron chi connectivity index (χ4n) is 2.34. The first-order chi connectivity index (χ1) is 10.0. The first kappa shape index (κ1) is 15.6. The van der Waals surface area contributed by atoms with Gasteiger partial charge in [0.1, 0.15) is 5.65 Å². The highest BCUT2D eigenvalue weighted by molar-refractivity contribution is 5.46. The molecule has 6 heteroatoms. The van der Waals surface area contributed by atoms with Crippen LogP contribution in [-0.4, -0.2) is 52.8 Å². The summed E-state index contributed by atoms with van der Waals surface area (Å²) in [5, 5.41) is 9.72. The minimum atomic E-state index is -0.553. The molecular weight excluding hydrogens is 270 g/mol. The zero-order valence-electron chi connectivity index (χ0n) is 12.6. The Kier molecular flexibility index (Phi) is 5.06. The predicted molar refractivity (Wildman–Crippen MR) is 80.4 cm³/mol. The number of hydrogen-bond acceptors (Lipinski definition) is 5. The monoisotopic (exact) mass is 291 g/mol. The van der Waals surface area contributed by atoms with Gasteiger partial charge in [0.25, 0.3) is 5.56 Å². The number of aliphatic hydroxyl groups excluding tert-OH is 1. The van der Waals surface area contributed by atoms with E-state index in [0.717, 1.165) is 5.56 Å². The van der Waals surface area contributed by atoms with Crippen molar-refractivity contribution < 1.29 is 9.84 Å². The summed E-state index contributed by atoms with van der Waals surface area (Å²) < 4.78 is 6.44. The Morgan fingerprint density at radius 1 is 1.52 bits per heavy atom. The number of aryl methyl sites for hydroxylation is 1. The van der Waals surface area contributed by atoms with E-state index in [4.69, 9.17) is 4.74 Å². The first-order valence-electron chi connectivity index (χ1n) is 6.84. The van der Waals surface area contributed by atoms with Crippen LogP contribution in [0.15, 0.2) is 29.2 Å². The third-order valence-corrected chi connectivity index (χ3v) is 3.25. The summed E-state index contributed by atoms with van der Waals surface area (Å²) in [7, 11) is 3.43. The van der Waals surface area contributed by atoms with E-state index in [-0.39, 0.29) is 12.2 Å². The summed E-state index contributed by atoms with van der Waals surface area (Å²) >= 11 is 0. The van der Waals surface area contributed by atoms with Crippen molar-refractivity contribution in [3.8, 4) is 0 Å². The lowest BCUT2D eigenvalue weighted by Gasteiger charge is -2.19. The number of methoxy groups -OCH3 is 1. The molecular formula is C15H21N3O3. The fourth-order valence-corrected chi connectivity index (χ4v) is 2.34. The number of hydrogen-bond donors (Lipinski definition) is 1. The van der Waals surface area contributed by atoms with Crippen LogP contribution in [0.25, 0.3) is 5.65 Å². The second-order valence-electron chi connectivity index (χ2n) is 5.28. The summed E-state index contributed by atoms with van der Waals surface area (Å²) in [5.41, 5.74) is 2.23. The molecule has 1 N–H and O–H groups in total. The summed E-state index contributed by atoms with van der Waals surface area (Å²) in [5.74, 6) is 0. The standard InChI is InChI=1S/C15H21N3O3/c1-11-5-4-6-18-14(20)7-12(16-15(11)18)8-17(2)9-13(19)10-21-3/h4-7,13,19H,8-10H2,1-3H3. The molecule has 0 saturated heterocycles. The second-order valence-corrected chi connectivity index (χ2v) is 5.28. The second kappa shape index (κ2) is 6.80. The molecule has 0 amide bonds. The summed E-state index contributed by atoms with van der Waals surface area (Å²) in [4.78, 5) is 18.5. The quantitative estimate of drug-likeness (QED) is 0.836. The van der Waals surface area contributed by atoms with Gasteiger partial charge in [-0.15, -0.1) is 0 Å². The van der Waals surface area contributed by atoms with Crippen molar-refractivity contribution in [3.63, 3.8) is 0 Å². The zero-order valence-corrected chi connectivity index (χ0v) is 12.6. The molecule has 0 fully saturated rings. The van der Waals surface area contributed by atoms with Crippen molar-refractivity contribution >= 4 is 5.65 Å². The normalized spacial score (nSPS) is 13.0. The lowest BCUT2D eigenvalue weighted by molar-refractivity contribution is 0.0416. The van der Waals surface area contributed by atoms with Crippen LogP contribution in [0.5, 0.6) is 0 Å². The van der Waals surface area contributed by atoms with Crippen molar-refractivity contribution in [2.45, 2.75) is 19.6 Å². The molecule has 0 aliphatic rings. The number of pyridine rings is 1. The molecule has 2 heterocycles. The van der Waals surface area contributed by atoms with Crippen molar-refractivity contribution in [3.05, 3.63) is 46.0 Å². The van der Waals surface area contributed by atoms with E-state index in [1.165, 1.54) is 6.07 Å². The molecule has 0 aromatic carbocycles. The molecule has 6 nitrogen and oxygen atoms in total. The third-order valence-electron chi connectivity index (χ3n) is 3.25. The topological polar surface area (TPSA) is 67.1 Å². The molecule has 0 bridgehead atoms. The molecule has 1 unspecified atom stereocenters. The maximum atomic E-state index is 12.1. The molecule has 0 radical (unpaired) electrons. The van der Waals surface area contributed by atoms with Gasteiger partial charge in [-0.3, -0.25) is 14.1 Å². The summed E-state index contributed by atoms with van der Waals surface area (Å²) in [6.45, 7) is 3.18. The number of aromatic nitrogens is 2. The smallest absolute Gasteiger partial charge is 0.258 e. The van der Waals surface area contributed by atoms with Gasteiger partial charge in [-0.1, -0.05) is 6.07 Å². The van der Waals surface area contributed by atoms with Crippen LogP contribution in [0.2, 0.25) is 0 Å². The highest BCUT2D eigenvalue weighted by Crippen LogP contribution is 2.07. The number of ether oxygens (including phenoxy) is 1. The first-order valence-corrected chi connectivity index (χ1v) is 6.84. The van der Waals surface area contributed by atoms with E-state index in [1.807, 2.05) is 31.0 Å². The number of nitrogens with zero attached hydrogens (tertiary/aromatic N) is 3. The maximum absolute atomic E-state index is 12.1. The lowest BCUT2D eigenvalue weighted by atomic mass is 10.2. The van der Waals surface area contributed by atoms with Crippen molar-refractivity contribution in [2.75, 3.05) is 27.3 Å². The van der Waals surface area contributed by atoms with Gasteiger partial charge >= 0.3 is 0 Å². The summed E-state index contributed by atoms with van der Waals surface area (Å²) in [6, 6.07) is 5.29. The molecule has 2 aromatic rings. The van der Waals surface area contributed by atoms with Crippen LogP contribution in [0, 0.1) is 6.92 Å². The molecule has 1 atom stereocenters. The molecule has 2 rings (SSSR count). The van der Waals surface area contributed by atoms with Crippen LogP contribution in [0.4, 0.5) is 0 Å². The Morgan fingerprint density at radius 2 is 2.29 bits per heavy atom. The van der Waals surface area contributed by atoms with E-state index < -0.39 is 6.10 Å². The van der Waals surface area contributed by atoms with E-state index in [9.17, 15) is 9.90 Å². The minimum absolute atomic E-state index is 0.0930. The van der Waals surface area contributed by atoms with Crippen molar-refractivity contribution in [2.24, 2.45) is 0 Å². The van der Waals surface area contributed by atoms with Crippen molar-refractivity contribution in [1.29, 1.82) is 0 Å². The average molecular weight is 291 g/mol. The zero-order chi connectivity index (χ0) is 15.4. The Morgan fingerprint density at radius 3 is 3.00 bits per heavy atom. The maximum Gasteiger partial charge on any atom is 0.258 e. The van der Waals surface area contributed by atoms with Crippen LogP contribution < -0.4 is 5.56 Å². The van der Waals surface area contributed by atoms with Gasteiger partial charge in [0.2, 0.25) is 0 Å². The molecule has 114 valence electrons. The Hall–Kier alpha value is -1.76. The molecule has 0 aliphatic heterocycles. The van der Waals surface area contributed by atoms with Gasteiger partial charge in [0.05, 0.1) is 18.4 Å². The number of fused-ring (bicyclic) bond motifs is 1. The largest absolute Gasteiger partial charge is 0.389 e. The van der Waals surface area contributed by atoms with Crippen LogP contribution in [-0.2, 0) is 11.3 Å². The molecule has 2 aromatic heterocycles. The van der Waals surface area contributed by atoms with Gasteiger partial charge in [-0.2, -0.15) is 0 Å². The van der Waals surface area contributed by atoms with E-state index in [2.05, 4.69) is 4.98 Å². The number of aliphatic hydroxyl groups is 1. The van der Waals surface area contributed by atoms with E-state index in [0.29, 0.717) is 24.4 Å². The molecule has 0 saturated carbocycles. The Balaban J connectivity index is 2.19. The van der Waals surface area contributed by atoms with Gasteiger partial charge in [0.15, 0.2) is 0 Å². The highest BCUT2D eigenvalue weighted by atomic mass is 16.5. The van der Waals surface area contributed by atoms with Gasteiger partial charge in [-0.25, -0.2) is 4.98 Å². The van der Waals surface area contributed by atoms with Crippen LogP contribution in [0.1, 0.15) is 11.3 Å². The van der Waals surface area contributed by atoms with Crippen molar-refractivity contribution in [1.82, 2.24) is 14.3 Å². The number of rotatable bonds is 6. The summed E-state index contributed by atoms with van der Waals surface area (Å²) in [6.07, 6.45) is 1.16. The lowest BCUT2D eigenvalue weighted by Crippen LogP contribution is -2.32. The average Bonchev–Trinajstić information content (AvgIpc) is 2.40. The third kappa shape index (κ3) is 3.87. The molecule has 21 heavy (non-hydrogen) atoms.